The van der Waals surface area contributed by atoms with Crippen LogP contribution in [0.1, 0.15) is 19.4 Å². The van der Waals surface area contributed by atoms with Gasteiger partial charge in [-0.15, -0.1) is 0 Å². The SMILES string of the molecule is CC.Cc1cc2cc(Cl)c(OCC(F)F)cc2[nH]c1=O. The van der Waals surface area contributed by atoms with E-state index in [2.05, 4.69) is 4.98 Å². The summed E-state index contributed by atoms with van der Waals surface area (Å²) in [5.41, 5.74) is 0.823. The quantitative estimate of drug-likeness (QED) is 0.925. The number of benzene rings is 1. The number of nitrogens with one attached hydrogen (secondary N) is 1. The number of ether oxygens (including phenoxy) is 1. The van der Waals surface area contributed by atoms with Crippen molar-refractivity contribution in [3.05, 3.63) is 39.1 Å². The molecule has 1 aromatic heterocycles. The Labute approximate surface area is 120 Å². The Hall–Kier alpha value is -1.62. The summed E-state index contributed by atoms with van der Waals surface area (Å²) in [6, 6.07) is 4.69. The zero-order chi connectivity index (χ0) is 15.3. The van der Waals surface area contributed by atoms with Crippen LogP contribution in [0.2, 0.25) is 5.02 Å². The van der Waals surface area contributed by atoms with E-state index in [0.717, 1.165) is 5.39 Å². The monoisotopic (exact) mass is 303 g/mol. The topological polar surface area (TPSA) is 42.1 Å². The largest absolute Gasteiger partial charge is 0.486 e. The van der Waals surface area contributed by atoms with Crippen molar-refractivity contribution >= 4 is 22.5 Å². The molecule has 0 saturated heterocycles. The summed E-state index contributed by atoms with van der Waals surface area (Å²) in [5, 5.41) is 0.955. The maximum atomic E-state index is 12.1. The molecule has 1 aromatic carbocycles. The van der Waals surface area contributed by atoms with Crippen molar-refractivity contribution < 1.29 is 13.5 Å². The molecule has 0 aliphatic carbocycles. The molecule has 6 heteroatoms. The van der Waals surface area contributed by atoms with Gasteiger partial charge in [0.2, 0.25) is 0 Å². The number of alkyl halides is 2. The third kappa shape index (κ3) is 3.93. The van der Waals surface area contributed by atoms with Gasteiger partial charge in [0.1, 0.15) is 12.4 Å². The predicted octanol–water partition coefficient (Wildman–Crippen LogP) is 4.16. The van der Waals surface area contributed by atoms with Crippen LogP contribution in [0.5, 0.6) is 5.75 Å². The van der Waals surface area contributed by atoms with Gasteiger partial charge in [-0.05, 0) is 19.1 Å². The molecular formula is C14H16ClF2NO2. The van der Waals surface area contributed by atoms with Gasteiger partial charge in [0.15, 0.2) is 0 Å². The summed E-state index contributed by atoms with van der Waals surface area (Å²) in [4.78, 5) is 14.1. The number of halogens is 3. The van der Waals surface area contributed by atoms with Gasteiger partial charge in [-0.2, -0.15) is 0 Å². The van der Waals surface area contributed by atoms with Crippen molar-refractivity contribution in [3.63, 3.8) is 0 Å². The molecule has 0 spiro atoms. The zero-order valence-corrected chi connectivity index (χ0v) is 12.2. The van der Waals surface area contributed by atoms with Gasteiger partial charge in [-0.25, -0.2) is 8.78 Å². The minimum absolute atomic E-state index is 0.129. The number of hydrogen-bond acceptors (Lipinski definition) is 2. The van der Waals surface area contributed by atoms with Gasteiger partial charge in [-0.3, -0.25) is 4.79 Å². The molecule has 2 aromatic rings. The Morgan fingerprint density at radius 3 is 2.55 bits per heavy atom. The molecule has 0 saturated carbocycles. The van der Waals surface area contributed by atoms with Crippen molar-refractivity contribution in [1.82, 2.24) is 4.98 Å². The lowest BCUT2D eigenvalue weighted by atomic mass is 10.1. The normalized spacial score (nSPS) is 10.3. The predicted molar refractivity (Wildman–Crippen MR) is 77.2 cm³/mol. The standard InChI is InChI=1S/C12H10ClF2NO2.C2H6/c1-6-2-7-3-8(13)10(18-5-11(14)15)4-9(7)16-12(6)17;1-2/h2-4,11H,5H2,1H3,(H,16,17);1-2H3. The molecule has 0 aliphatic heterocycles. The number of H-pyrrole nitrogens is 1. The van der Waals surface area contributed by atoms with Crippen molar-refractivity contribution in [2.24, 2.45) is 0 Å². The Balaban J connectivity index is 0.000000956. The average molecular weight is 304 g/mol. The van der Waals surface area contributed by atoms with Gasteiger partial charge in [0.25, 0.3) is 12.0 Å². The highest BCUT2D eigenvalue weighted by molar-refractivity contribution is 6.32. The van der Waals surface area contributed by atoms with Crippen LogP contribution in [-0.4, -0.2) is 18.0 Å². The van der Waals surface area contributed by atoms with Gasteiger partial charge in [0.05, 0.1) is 10.5 Å². The van der Waals surface area contributed by atoms with Gasteiger partial charge >= 0.3 is 0 Å². The molecule has 0 radical (unpaired) electrons. The minimum Gasteiger partial charge on any atom is -0.486 e. The van der Waals surface area contributed by atoms with Crippen LogP contribution < -0.4 is 10.3 Å². The molecule has 0 unspecified atom stereocenters. The maximum Gasteiger partial charge on any atom is 0.272 e. The van der Waals surface area contributed by atoms with E-state index in [0.29, 0.717) is 11.1 Å². The second-order valence-electron chi connectivity index (χ2n) is 3.85. The van der Waals surface area contributed by atoms with Crippen LogP contribution in [0.15, 0.2) is 23.0 Å². The summed E-state index contributed by atoms with van der Waals surface area (Å²) >= 11 is 5.92. The first kappa shape index (κ1) is 16.4. The molecule has 3 nitrogen and oxygen atoms in total. The van der Waals surface area contributed by atoms with Crippen molar-refractivity contribution in [3.8, 4) is 5.75 Å². The summed E-state index contributed by atoms with van der Waals surface area (Å²) in [6.07, 6.45) is -2.58. The molecule has 0 fully saturated rings. The molecule has 20 heavy (non-hydrogen) atoms. The van der Waals surface area contributed by atoms with E-state index in [9.17, 15) is 13.6 Å². The Morgan fingerprint density at radius 1 is 1.30 bits per heavy atom. The molecule has 0 amide bonds. The first-order valence-electron chi connectivity index (χ1n) is 6.21. The fourth-order valence-corrected chi connectivity index (χ4v) is 1.81. The lowest BCUT2D eigenvalue weighted by Gasteiger charge is -2.09. The molecule has 0 atom stereocenters. The Bertz CT molecular complexity index is 641. The molecule has 1 heterocycles. The number of aromatic amines is 1. The van der Waals surface area contributed by atoms with E-state index >= 15 is 0 Å². The maximum absolute atomic E-state index is 12.1. The van der Waals surface area contributed by atoms with Crippen LogP contribution in [0, 0.1) is 6.92 Å². The van der Waals surface area contributed by atoms with E-state index in [-0.39, 0.29) is 16.3 Å². The summed E-state index contributed by atoms with van der Waals surface area (Å²) in [5.74, 6) is 0.129. The van der Waals surface area contributed by atoms with E-state index in [1.807, 2.05) is 13.8 Å². The highest BCUT2D eigenvalue weighted by Gasteiger charge is 2.09. The van der Waals surface area contributed by atoms with Crippen LogP contribution >= 0.6 is 11.6 Å². The summed E-state index contributed by atoms with van der Waals surface area (Å²) in [6.45, 7) is 4.94. The van der Waals surface area contributed by atoms with Crippen molar-refractivity contribution in [2.45, 2.75) is 27.2 Å². The number of aromatic nitrogens is 1. The lowest BCUT2D eigenvalue weighted by molar-refractivity contribution is 0.0820. The Kier molecular flexibility index (Phi) is 5.95. The van der Waals surface area contributed by atoms with E-state index in [1.54, 1.807) is 19.1 Å². The first-order valence-corrected chi connectivity index (χ1v) is 6.59. The van der Waals surface area contributed by atoms with Gasteiger partial charge < -0.3 is 9.72 Å². The summed E-state index contributed by atoms with van der Waals surface area (Å²) < 4.78 is 29.0. The highest BCUT2D eigenvalue weighted by Crippen LogP contribution is 2.29. The molecule has 0 bridgehead atoms. The molecule has 0 aliphatic rings. The summed E-state index contributed by atoms with van der Waals surface area (Å²) in [7, 11) is 0. The number of aryl methyl sites for hydroxylation is 1. The van der Waals surface area contributed by atoms with Crippen molar-refractivity contribution in [1.29, 1.82) is 0 Å². The van der Waals surface area contributed by atoms with Gasteiger partial charge in [0, 0.05) is 17.0 Å². The number of pyridine rings is 1. The fraction of sp³-hybridized carbons (Fsp3) is 0.357. The third-order valence-corrected chi connectivity index (χ3v) is 2.74. The fourth-order valence-electron chi connectivity index (χ4n) is 1.58. The van der Waals surface area contributed by atoms with Crippen LogP contribution in [0.4, 0.5) is 8.78 Å². The highest BCUT2D eigenvalue weighted by atomic mass is 35.5. The number of fused-ring (bicyclic) bond motifs is 1. The van der Waals surface area contributed by atoms with Crippen LogP contribution in [0.25, 0.3) is 10.9 Å². The van der Waals surface area contributed by atoms with E-state index in [4.69, 9.17) is 16.3 Å². The minimum atomic E-state index is -2.58. The molecular weight excluding hydrogens is 288 g/mol. The second kappa shape index (κ2) is 7.24. The van der Waals surface area contributed by atoms with Gasteiger partial charge in [-0.1, -0.05) is 25.4 Å². The number of rotatable bonds is 3. The Morgan fingerprint density at radius 2 is 1.95 bits per heavy atom. The van der Waals surface area contributed by atoms with E-state index in [1.165, 1.54) is 6.07 Å². The molecule has 2 rings (SSSR count). The second-order valence-corrected chi connectivity index (χ2v) is 4.26. The van der Waals surface area contributed by atoms with Crippen molar-refractivity contribution in [2.75, 3.05) is 6.61 Å². The van der Waals surface area contributed by atoms with Crippen LogP contribution in [-0.2, 0) is 0 Å². The van der Waals surface area contributed by atoms with Crippen LogP contribution in [0.3, 0.4) is 0 Å². The van der Waals surface area contributed by atoms with E-state index < -0.39 is 13.0 Å². The third-order valence-electron chi connectivity index (χ3n) is 2.45. The smallest absolute Gasteiger partial charge is 0.272 e. The zero-order valence-electron chi connectivity index (χ0n) is 11.5. The first-order chi connectivity index (χ1) is 9.47. The molecule has 1 N–H and O–H groups in total. The lowest BCUT2D eigenvalue weighted by Crippen LogP contribution is -2.10. The molecule has 110 valence electrons. The average Bonchev–Trinajstić information content (AvgIpc) is 2.41. The number of hydrogen-bond donors (Lipinski definition) is 1.